The lowest BCUT2D eigenvalue weighted by Crippen LogP contribution is -2.47. The van der Waals surface area contributed by atoms with Crippen molar-refractivity contribution in [3.63, 3.8) is 0 Å². The molecule has 1 N–H and O–H groups in total. The third kappa shape index (κ3) is 4.15. The highest BCUT2D eigenvalue weighted by Crippen LogP contribution is 2.25. The maximum absolute atomic E-state index is 12.5. The van der Waals surface area contributed by atoms with E-state index >= 15 is 0 Å². The van der Waals surface area contributed by atoms with Crippen LogP contribution in [0.25, 0.3) is 0 Å². The number of ether oxygens (including phenoxy) is 1. The van der Waals surface area contributed by atoms with Crippen molar-refractivity contribution in [2.24, 2.45) is 0 Å². The Morgan fingerprint density at radius 2 is 2.11 bits per heavy atom. The summed E-state index contributed by atoms with van der Waals surface area (Å²) in [5.74, 6) is 0.170. The lowest BCUT2D eigenvalue weighted by molar-refractivity contribution is 0.125. The predicted octanol–water partition coefficient (Wildman–Crippen LogP) is 0.959. The van der Waals surface area contributed by atoms with Crippen molar-refractivity contribution >= 4 is 10.0 Å². The highest BCUT2D eigenvalue weighted by molar-refractivity contribution is 7.89. The van der Waals surface area contributed by atoms with Crippen molar-refractivity contribution in [3.05, 3.63) is 0 Å². The van der Waals surface area contributed by atoms with Crippen LogP contribution in [-0.2, 0) is 14.8 Å². The maximum atomic E-state index is 12.5. The van der Waals surface area contributed by atoms with Crippen LogP contribution in [-0.4, -0.2) is 57.4 Å². The summed E-state index contributed by atoms with van der Waals surface area (Å²) in [6.07, 6.45) is 5.81. The third-order valence-electron chi connectivity index (χ3n) is 4.08. The van der Waals surface area contributed by atoms with E-state index in [9.17, 15) is 8.42 Å². The molecular formula is C13H26N2O3S. The van der Waals surface area contributed by atoms with Gasteiger partial charge in [-0.1, -0.05) is 6.42 Å². The van der Waals surface area contributed by atoms with Crippen LogP contribution < -0.4 is 5.32 Å². The van der Waals surface area contributed by atoms with E-state index in [4.69, 9.17) is 4.74 Å². The Bertz CT molecular complexity index is 366. The quantitative estimate of drug-likeness (QED) is 0.791. The zero-order chi connectivity index (χ0) is 13.7. The second-order valence-electron chi connectivity index (χ2n) is 5.57. The SMILES string of the molecule is CNCCC1CCCCN1S(=O)(=O)CC1CCCO1. The summed E-state index contributed by atoms with van der Waals surface area (Å²) in [4.78, 5) is 0. The third-order valence-corrected chi connectivity index (χ3v) is 6.07. The molecule has 2 aliphatic heterocycles. The van der Waals surface area contributed by atoms with E-state index in [2.05, 4.69) is 5.32 Å². The molecule has 112 valence electrons. The lowest BCUT2D eigenvalue weighted by atomic mass is 10.0. The summed E-state index contributed by atoms with van der Waals surface area (Å²) in [5, 5.41) is 3.11. The fraction of sp³-hybridized carbons (Fsp3) is 1.00. The van der Waals surface area contributed by atoms with E-state index in [1.807, 2.05) is 7.05 Å². The first-order valence-electron chi connectivity index (χ1n) is 7.39. The summed E-state index contributed by atoms with van der Waals surface area (Å²) < 4.78 is 32.3. The largest absolute Gasteiger partial charge is 0.377 e. The van der Waals surface area contributed by atoms with Crippen LogP contribution >= 0.6 is 0 Å². The summed E-state index contributed by atoms with van der Waals surface area (Å²) >= 11 is 0. The number of sulfonamides is 1. The molecule has 2 rings (SSSR count). The Morgan fingerprint density at radius 3 is 2.79 bits per heavy atom. The molecule has 0 aliphatic carbocycles. The molecule has 0 saturated carbocycles. The van der Waals surface area contributed by atoms with Gasteiger partial charge in [0.05, 0.1) is 11.9 Å². The van der Waals surface area contributed by atoms with Gasteiger partial charge in [0.25, 0.3) is 0 Å². The van der Waals surface area contributed by atoms with E-state index in [1.165, 1.54) is 0 Å². The monoisotopic (exact) mass is 290 g/mol. The van der Waals surface area contributed by atoms with Crippen molar-refractivity contribution in [1.29, 1.82) is 0 Å². The van der Waals surface area contributed by atoms with Crippen molar-refractivity contribution in [2.45, 2.75) is 50.7 Å². The van der Waals surface area contributed by atoms with Crippen LogP contribution in [0.1, 0.15) is 38.5 Å². The van der Waals surface area contributed by atoms with Gasteiger partial charge in [-0.15, -0.1) is 0 Å². The molecule has 0 aromatic heterocycles. The van der Waals surface area contributed by atoms with Gasteiger partial charge in [-0.3, -0.25) is 0 Å². The molecule has 0 aromatic carbocycles. The van der Waals surface area contributed by atoms with Gasteiger partial charge in [0.1, 0.15) is 0 Å². The standard InChI is InChI=1S/C13H26N2O3S/c1-14-8-7-12-5-2-3-9-15(12)19(16,17)11-13-6-4-10-18-13/h12-14H,2-11H2,1H3. The number of nitrogens with one attached hydrogen (secondary N) is 1. The Morgan fingerprint density at radius 1 is 1.26 bits per heavy atom. The van der Waals surface area contributed by atoms with E-state index in [0.29, 0.717) is 13.2 Å². The molecule has 0 bridgehead atoms. The minimum atomic E-state index is -3.17. The van der Waals surface area contributed by atoms with Gasteiger partial charge in [0, 0.05) is 19.2 Å². The summed E-state index contributed by atoms with van der Waals surface area (Å²) in [7, 11) is -1.26. The number of nitrogens with zero attached hydrogens (tertiary/aromatic N) is 1. The van der Waals surface area contributed by atoms with Gasteiger partial charge < -0.3 is 10.1 Å². The minimum absolute atomic E-state index is 0.0862. The zero-order valence-electron chi connectivity index (χ0n) is 11.8. The zero-order valence-corrected chi connectivity index (χ0v) is 12.6. The average molecular weight is 290 g/mol. The van der Waals surface area contributed by atoms with Crippen LogP contribution in [0.15, 0.2) is 0 Å². The molecule has 2 unspecified atom stereocenters. The normalized spacial score (nSPS) is 29.7. The van der Waals surface area contributed by atoms with Crippen LogP contribution in [0.2, 0.25) is 0 Å². The fourth-order valence-electron chi connectivity index (χ4n) is 3.05. The van der Waals surface area contributed by atoms with Crippen LogP contribution in [0, 0.1) is 0 Å². The average Bonchev–Trinajstić information content (AvgIpc) is 2.88. The number of hydrogen-bond donors (Lipinski definition) is 1. The topological polar surface area (TPSA) is 58.6 Å². The molecular weight excluding hydrogens is 264 g/mol. The Hall–Kier alpha value is -0.170. The molecule has 0 radical (unpaired) electrons. The molecule has 19 heavy (non-hydrogen) atoms. The maximum Gasteiger partial charge on any atom is 0.216 e. The second kappa shape index (κ2) is 7.02. The highest BCUT2D eigenvalue weighted by atomic mass is 32.2. The van der Waals surface area contributed by atoms with E-state index in [0.717, 1.165) is 45.1 Å². The molecule has 2 heterocycles. The molecule has 5 nitrogen and oxygen atoms in total. The molecule has 0 aromatic rings. The predicted molar refractivity (Wildman–Crippen MR) is 75.6 cm³/mol. The molecule has 0 amide bonds. The van der Waals surface area contributed by atoms with E-state index < -0.39 is 10.0 Å². The van der Waals surface area contributed by atoms with E-state index in [-0.39, 0.29) is 17.9 Å². The number of rotatable bonds is 6. The van der Waals surface area contributed by atoms with Gasteiger partial charge in [0.2, 0.25) is 10.0 Å². The summed E-state index contributed by atoms with van der Waals surface area (Å²) in [6, 6.07) is 0.174. The van der Waals surface area contributed by atoms with Gasteiger partial charge in [-0.05, 0) is 45.7 Å². The molecule has 2 atom stereocenters. The Balaban J connectivity index is 1.98. The van der Waals surface area contributed by atoms with Crippen molar-refractivity contribution in [2.75, 3.05) is 32.5 Å². The number of hydrogen-bond acceptors (Lipinski definition) is 4. The first-order chi connectivity index (χ1) is 9.13. The lowest BCUT2D eigenvalue weighted by Gasteiger charge is -2.35. The molecule has 2 aliphatic rings. The van der Waals surface area contributed by atoms with Gasteiger partial charge >= 0.3 is 0 Å². The minimum Gasteiger partial charge on any atom is -0.377 e. The molecule has 6 heteroatoms. The molecule has 2 fully saturated rings. The summed E-state index contributed by atoms with van der Waals surface area (Å²) in [6.45, 7) is 2.27. The number of piperidine rings is 1. The van der Waals surface area contributed by atoms with E-state index in [1.54, 1.807) is 4.31 Å². The second-order valence-corrected chi connectivity index (χ2v) is 7.53. The van der Waals surface area contributed by atoms with Crippen LogP contribution in [0.4, 0.5) is 0 Å². The smallest absolute Gasteiger partial charge is 0.216 e. The first kappa shape index (κ1) is 15.2. The van der Waals surface area contributed by atoms with Crippen LogP contribution in [0.3, 0.4) is 0 Å². The highest BCUT2D eigenvalue weighted by Gasteiger charge is 2.34. The van der Waals surface area contributed by atoms with Crippen molar-refractivity contribution in [1.82, 2.24) is 9.62 Å². The van der Waals surface area contributed by atoms with Gasteiger partial charge in [0.15, 0.2) is 0 Å². The Labute approximate surface area is 116 Å². The van der Waals surface area contributed by atoms with Crippen molar-refractivity contribution in [3.8, 4) is 0 Å². The van der Waals surface area contributed by atoms with Gasteiger partial charge in [-0.2, -0.15) is 4.31 Å². The molecule has 2 saturated heterocycles. The first-order valence-corrected chi connectivity index (χ1v) is 9.00. The fourth-order valence-corrected chi connectivity index (χ4v) is 5.04. The Kier molecular flexibility index (Phi) is 5.62. The van der Waals surface area contributed by atoms with Crippen LogP contribution in [0.5, 0.6) is 0 Å². The summed E-state index contributed by atoms with van der Waals surface area (Å²) in [5.41, 5.74) is 0. The van der Waals surface area contributed by atoms with Gasteiger partial charge in [-0.25, -0.2) is 8.42 Å². The van der Waals surface area contributed by atoms with Crippen molar-refractivity contribution < 1.29 is 13.2 Å². The molecule has 0 spiro atoms.